The maximum absolute atomic E-state index is 12.8. The van der Waals surface area contributed by atoms with E-state index in [1.165, 1.54) is 64.2 Å². The topological polar surface area (TPSA) is 115 Å². The van der Waals surface area contributed by atoms with Crippen LogP contribution in [0.25, 0.3) is 0 Å². The Morgan fingerprint density at radius 2 is 1.43 bits per heavy atom. The Labute approximate surface area is 267 Å². The summed E-state index contributed by atoms with van der Waals surface area (Å²) >= 11 is 0. The van der Waals surface area contributed by atoms with E-state index >= 15 is 0 Å². The van der Waals surface area contributed by atoms with Gasteiger partial charge in [0.1, 0.15) is 18.8 Å². The lowest BCUT2D eigenvalue weighted by Crippen LogP contribution is -2.57. The predicted molar refractivity (Wildman–Crippen MR) is 175 cm³/mol. The molecule has 254 valence electrons. The molecule has 0 aromatic rings. The van der Waals surface area contributed by atoms with Crippen LogP contribution in [0, 0.1) is 5.41 Å². The van der Waals surface area contributed by atoms with Crippen molar-refractivity contribution in [1.82, 2.24) is 16.0 Å². The Morgan fingerprint density at radius 3 is 2.11 bits per heavy atom. The monoisotopic (exact) mass is 621 g/mol. The summed E-state index contributed by atoms with van der Waals surface area (Å²) in [6, 6.07) is -0.459. The maximum Gasteiger partial charge on any atom is 0.325 e. The summed E-state index contributed by atoms with van der Waals surface area (Å²) in [6.07, 6.45) is 23.1. The second-order valence-corrected chi connectivity index (χ2v) is 13.8. The van der Waals surface area contributed by atoms with Gasteiger partial charge in [-0.05, 0) is 65.2 Å². The zero-order chi connectivity index (χ0) is 32.3. The highest BCUT2D eigenvalue weighted by molar-refractivity contribution is 5.85. The molecule has 0 bridgehead atoms. The molecule has 1 saturated heterocycles. The summed E-state index contributed by atoms with van der Waals surface area (Å²) in [6.45, 7) is 10.3. The van der Waals surface area contributed by atoms with Gasteiger partial charge in [-0.2, -0.15) is 0 Å². The zero-order valence-corrected chi connectivity index (χ0v) is 28.5. The third-order valence-corrected chi connectivity index (χ3v) is 8.57. The van der Waals surface area contributed by atoms with Crippen molar-refractivity contribution in [1.29, 1.82) is 0 Å². The van der Waals surface area contributed by atoms with Gasteiger partial charge in [-0.1, -0.05) is 90.7 Å². The first-order valence-electron chi connectivity index (χ1n) is 17.5. The molecule has 3 atom stereocenters. The lowest BCUT2D eigenvalue weighted by atomic mass is 9.85. The molecule has 0 radical (unpaired) electrons. The average Bonchev–Trinajstić information content (AvgIpc) is 2.98. The summed E-state index contributed by atoms with van der Waals surface area (Å²) < 4.78 is 17.2. The molecule has 0 spiro atoms. The van der Waals surface area contributed by atoms with Crippen LogP contribution in [0.5, 0.6) is 0 Å². The van der Waals surface area contributed by atoms with Gasteiger partial charge in [-0.15, -0.1) is 0 Å². The van der Waals surface area contributed by atoms with Gasteiger partial charge in [-0.3, -0.25) is 9.59 Å². The first-order chi connectivity index (χ1) is 21.0. The first-order valence-corrected chi connectivity index (χ1v) is 17.5. The fourth-order valence-electron chi connectivity index (χ4n) is 5.80. The van der Waals surface area contributed by atoms with Crippen LogP contribution in [0.1, 0.15) is 144 Å². The molecule has 1 saturated carbocycles. The molecule has 0 aromatic heterocycles. The van der Waals surface area contributed by atoms with E-state index in [1.54, 1.807) is 13.8 Å². The van der Waals surface area contributed by atoms with E-state index < -0.39 is 29.4 Å². The van der Waals surface area contributed by atoms with Crippen LogP contribution in [-0.2, 0) is 23.8 Å². The number of carbonyl (C=O) groups excluding carboxylic acids is 3. The van der Waals surface area contributed by atoms with Crippen molar-refractivity contribution >= 4 is 17.9 Å². The van der Waals surface area contributed by atoms with Crippen LogP contribution in [0.4, 0.5) is 4.79 Å². The molecule has 9 nitrogen and oxygen atoms in total. The first kappa shape index (κ1) is 38.1. The molecule has 2 rings (SSSR count). The van der Waals surface area contributed by atoms with Crippen molar-refractivity contribution in [2.24, 2.45) is 5.41 Å². The number of hydrogen-bond acceptors (Lipinski definition) is 6. The molecule has 1 aliphatic heterocycles. The van der Waals surface area contributed by atoms with Gasteiger partial charge in [-0.25, -0.2) is 4.79 Å². The summed E-state index contributed by atoms with van der Waals surface area (Å²) in [4.78, 5) is 38.0. The number of unbranched alkanes of at least 4 members (excludes halogenated alkanes) is 11. The number of nitrogens with one attached hydrogen (secondary N) is 3. The molecule has 2 fully saturated rings. The number of amides is 3. The normalized spacial score (nSPS) is 22.8. The molecule has 3 unspecified atom stereocenters. The Balaban J connectivity index is 1.55. The van der Waals surface area contributed by atoms with E-state index in [0.29, 0.717) is 19.6 Å². The number of urea groups is 1. The Kier molecular flexibility index (Phi) is 18.0. The quantitative estimate of drug-likeness (QED) is 0.0760. The van der Waals surface area contributed by atoms with Crippen molar-refractivity contribution in [3.8, 4) is 0 Å². The molecular formula is C35H63N3O6. The molecule has 3 amide bonds. The third kappa shape index (κ3) is 15.7. The van der Waals surface area contributed by atoms with Crippen molar-refractivity contribution in [3.63, 3.8) is 0 Å². The smallest absolute Gasteiger partial charge is 0.325 e. The van der Waals surface area contributed by atoms with Crippen molar-refractivity contribution in [2.45, 2.75) is 168 Å². The standard InChI is InChI=1S/C35H63N3O6/c1-6-7-8-9-10-11-12-13-14-15-16-17-18-19-22-25-36-33(41)38-28-23-20-21-24-29(28)43-30(39)26-37-32(40)31-34(2,3)27-42-35(4,5)44-31/h13-14,28-29,31H,6-12,15-27H2,1-5H3,(H,37,40)(H2,36,38,41). The highest BCUT2D eigenvalue weighted by Crippen LogP contribution is 2.34. The molecule has 9 heteroatoms. The SMILES string of the molecule is CCCCCCCCC=CCCCCCCCNC(=O)NC1CCCCC1OC(=O)CNC(=O)C1OC(C)(C)OCC1(C)C. The third-order valence-electron chi connectivity index (χ3n) is 8.57. The van der Waals surface area contributed by atoms with E-state index in [9.17, 15) is 14.4 Å². The van der Waals surface area contributed by atoms with Crippen LogP contribution < -0.4 is 16.0 Å². The molecule has 0 aromatic carbocycles. The van der Waals surface area contributed by atoms with Crippen molar-refractivity contribution in [2.75, 3.05) is 19.7 Å². The lowest BCUT2D eigenvalue weighted by molar-refractivity contribution is -0.304. The number of allylic oxidation sites excluding steroid dienone is 2. The number of rotatable bonds is 20. The number of hydrogen-bond donors (Lipinski definition) is 3. The van der Waals surface area contributed by atoms with Gasteiger partial charge >= 0.3 is 12.0 Å². The van der Waals surface area contributed by atoms with Crippen LogP contribution in [0.15, 0.2) is 12.2 Å². The van der Waals surface area contributed by atoms with Gasteiger partial charge in [0.05, 0.1) is 12.6 Å². The molecule has 1 aliphatic carbocycles. The Bertz CT molecular complexity index is 875. The second kappa shape index (κ2) is 20.8. The molecular weight excluding hydrogens is 558 g/mol. The highest BCUT2D eigenvalue weighted by atomic mass is 16.7. The Hall–Kier alpha value is -2.13. The predicted octanol–water partition coefficient (Wildman–Crippen LogP) is 7.08. The zero-order valence-electron chi connectivity index (χ0n) is 28.5. The minimum Gasteiger partial charge on any atom is -0.459 e. The molecule has 1 heterocycles. The summed E-state index contributed by atoms with van der Waals surface area (Å²) in [5.74, 6) is -1.75. The fraction of sp³-hybridized carbons (Fsp3) is 0.857. The summed E-state index contributed by atoms with van der Waals surface area (Å²) in [5, 5.41) is 8.63. The largest absolute Gasteiger partial charge is 0.459 e. The van der Waals surface area contributed by atoms with E-state index in [1.807, 2.05) is 13.8 Å². The number of carbonyl (C=O) groups is 3. The molecule has 3 N–H and O–H groups in total. The van der Waals surface area contributed by atoms with Crippen LogP contribution in [0.2, 0.25) is 0 Å². The lowest BCUT2D eigenvalue weighted by Gasteiger charge is -2.44. The fourth-order valence-corrected chi connectivity index (χ4v) is 5.80. The molecule has 2 aliphatic rings. The van der Waals surface area contributed by atoms with E-state index in [-0.39, 0.29) is 24.5 Å². The average molecular weight is 622 g/mol. The van der Waals surface area contributed by atoms with Crippen molar-refractivity contribution < 1.29 is 28.6 Å². The van der Waals surface area contributed by atoms with Gasteiger partial charge in [0.15, 0.2) is 5.79 Å². The minimum atomic E-state index is -0.871. The maximum atomic E-state index is 12.8. The van der Waals surface area contributed by atoms with E-state index in [2.05, 4.69) is 35.0 Å². The van der Waals surface area contributed by atoms with Crippen LogP contribution in [-0.4, -0.2) is 61.6 Å². The van der Waals surface area contributed by atoms with Crippen molar-refractivity contribution in [3.05, 3.63) is 12.2 Å². The van der Waals surface area contributed by atoms with E-state index in [4.69, 9.17) is 14.2 Å². The van der Waals surface area contributed by atoms with Crippen LogP contribution in [0.3, 0.4) is 0 Å². The van der Waals surface area contributed by atoms with Gasteiger partial charge < -0.3 is 30.2 Å². The van der Waals surface area contributed by atoms with Gasteiger partial charge in [0.25, 0.3) is 0 Å². The second-order valence-electron chi connectivity index (χ2n) is 13.8. The summed E-state index contributed by atoms with van der Waals surface area (Å²) in [5.41, 5.74) is -0.529. The van der Waals surface area contributed by atoms with Gasteiger partial charge in [0.2, 0.25) is 5.91 Å². The Morgan fingerprint density at radius 1 is 0.818 bits per heavy atom. The highest BCUT2D eigenvalue weighted by Gasteiger charge is 2.45. The number of esters is 1. The minimum absolute atomic E-state index is 0.219. The van der Waals surface area contributed by atoms with Gasteiger partial charge in [0, 0.05) is 12.0 Å². The molecule has 44 heavy (non-hydrogen) atoms. The van der Waals surface area contributed by atoms with Crippen LogP contribution >= 0.6 is 0 Å². The number of ether oxygens (including phenoxy) is 3. The summed E-state index contributed by atoms with van der Waals surface area (Å²) in [7, 11) is 0. The van der Waals surface area contributed by atoms with E-state index in [0.717, 1.165) is 38.5 Å².